The van der Waals surface area contributed by atoms with E-state index in [2.05, 4.69) is 82.3 Å². The summed E-state index contributed by atoms with van der Waals surface area (Å²) in [6.45, 7) is 15.9. The topological polar surface area (TPSA) is 174 Å². The molecule has 4 aliphatic rings. The molecule has 0 amide bonds. The molecule has 0 fully saturated rings. The minimum absolute atomic E-state index is 0.0739. The monoisotopic (exact) mass is 996 g/mol. The van der Waals surface area contributed by atoms with Crippen LogP contribution in [-0.4, -0.2) is 86.9 Å². The van der Waals surface area contributed by atoms with Gasteiger partial charge in [0.25, 0.3) is 5.16 Å². The summed E-state index contributed by atoms with van der Waals surface area (Å²) < 4.78 is 45.2. The predicted octanol–water partition coefficient (Wildman–Crippen LogP) is 9.07. The molecule has 16 nitrogen and oxygen atoms in total. The van der Waals surface area contributed by atoms with E-state index >= 15 is 0 Å². The van der Waals surface area contributed by atoms with Crippen LogP contribution >= 0.6 is 11.8 Å². The zero-order valence-electron chi connectivity index (χ0n) is 41.1. The van der Waals surface area contributed by atoms with Gasteiger partial charge in [0, 0.05) is 67.2 Å². The van der Waals surface area contributed by atoms with Gasteiger partial charge in [-0.1, -0.05) is 51.4 Å². The first-order chi connectivity index (χ1) is 32.5. The number of nitrogens with zero attached hydrogens (tertiary/aromatic N) is 10. The first-order valence-electron chi connectivity index (χ1n) is 24.3. The standard InChI is InChI=1S/C24H34N6O3SSi.C24H34N6OSSi/c1-29-15-19(14-25-29)34(31,32)24-27-23(30(28-24)16-33-11-12-35(2,3)4)26-22-20-9-5-7-17(20)13-18-8-6-10-21(18)22;1-29-15-19(14-25-29)32-24-27-23(30(28-24)16-31-11-12-33(2,3)4)26-22-20-9-5-7-17(20)13-18-8-6-10-21(18)22/h13-15H,5-12,16H2,1-4H3,(H,26,27,28);13-15H,5-12,16H2,1-4H3,(H,26,27,28). The molecule has 0 atom stereocenters. The quantitative estimate of drug-likeness (QED) is 0.0617. The summed E-state index contributed by atoms with van der Waals surface area (Å²) in [7, 11) is -2.69. The molecule has 2 aromatic carbocycles. The van der Waals surface area contributed by atoms with Gasteiger partial charge < -0.3 is 20.1 Å². The van der Waals surface area contributed by atoms with Crippen LogP contribution in [-0.2, 0) is 98.2 Å². The van der Waals surface area contributed by atoms with E-state index in [0.29, 0.717) is 24.4 Å². The minimum atomic E-state index is -3.90. The van der Waals surface area contributed by atoms with Crippen molar-refractivity contribution in [1.29, 1.82) is 0 Å². The number of rotatable bonds is 18. The number of nitrogens with one attached hydrogen (secondary N) is 2. The highest BCUT2D eigenvalue weighted by Gasteiger charge is 2.30. The average molecular weight is 997 g/mol. The molecule has 0 radical (unpaired) electrons. The smallest absolute Gasteiger partial charge is 0.273 e. The van der Waals surface area contributed by atoms with Crippen LogP contribution < -0.4 is 10.6 Å². The van der Waals surface area contributed by atoms with Gasteiger partial charge in [0.1, 0.15) is 18.4 Å². The molecule has 0 saturated carbocycles. The lowest BCUT2D eigenvalue weighted by molar-refractivity contribution is 0.0791. The number of fused-ring (bicyclic) bond motifs is 4. The van der Waals surface area contributed by atoms with Crippen LogP contribution in [0.2, 0.25) is 51.4 Å². The van der Waals surface area contributed by atoms with E-state index < -0.39 is 26.0 Å². The van der Waals surface area contributed by atoms with Crippen molar-refractivity contribution in [2.75, 3.05) is 23.8 Å². The van der Waals surface area contributed by atoms with Gasteiger partial charge in [-0.2, -0.15) is 20.2 Å². The first kappa shape index (κ1) is 48.4. The van der Waals surface area contributed by atoms with Crippen LogP contribution in [0.3, 0.4) is 0 Å². The Morgan fingerprint density at radius 3 is 1.51 bits per heavy atom. The number of ether oxygens (including phenoxy) is 2. The van der Waals surface area contributed by atoms with Gasteiger partial charge >= 0.3 is 0 Å². The second-order valence-corrected chi connectivity index (χ2v) is 35.3. The maximum absolute atomic E-state index is 13.2. The number of aryl methyl sites for hydroxylation is 6. The zero-order valence-corrected chi connectivity index (χ0v) is 44.7. The third kappa shape index (κ3) is 11.2. The molecule has 20 heteroatoms. The van der Waals surface area contributed by atoms with E-state index in [1.807, 2.05) is 24.1 Å². The summed E-state index contributed by atoms with van der Waals surface area (Å²) in [5.41, 5.74) is 13.8. The van der Waals surface area contributed by atoms with Crippen molar-refractivity contribution >= 4 is 61.0 Å². The van der Waals surface area contributed by atoms with Crippen molar-refractivity contribution in [1.82, 2.24) is 49.1 Å². The van der Waals surface area contributed by atoms with Crippen molar-refractivity contribution in [2.45, 2.75) is 162 Å². The van der Waals surface area contributed by atoms with Crippen LogP contribution in [0.25, 0.3) is 0 Å². The van der Waals surface area contributed by atoms with E-state index in [9.17, 15) is 8.42 Å². The normalized spacial score (nSPS) is 15.3. The molecule has 364 valence electrons. The number of hydrogen-bond acceptors (Lipinski definition) is 13. The Hall–Kier alpha value is -4.61. The van der Waals surface area contributed by atoms with E-state index in [0.717, 1.165) is 86.6 Å². The molecular weight excluding hydrogens is 929 g/mol. The molecule has 0 bridgehead atoms. The van der Waals surface area contributed by atoms with E-state index in [-0.39, 0.29) is 16.8 Å². The minimum Gasteiger partial charge on any atom is -0.359 e. The lowest BCUT2D eigenvalue weighted by Gasteiger charge is -2.18. The molecular formula is C48H68N12O4S2Si2. The Kier molecular flexibility index (Phi) is 14.3. The van der Waals surface area contributed by atoms with Crippen molar-refractivity contribution in [2.24, 2.45) is 14.1 Å². The van der Waals surface area contributed by atoms with Crippen LogP contribution in [0.5, 0.6) is 0 Å². The lowest BCUT2D eigenvalue weighted by atomic mass is 9.99. The molecule has 0 aliphatic heterocycles. The van der Waals surface area contributed by atoms with E-state index in [1.54, 1.807) is 16.4 Å². The van der Waals surface area contributed by atoms with Gasteiger partial charge in [0.2, 0.25) is 26.9 Å². The Morgan fingerprint density at radius 1 is 0.618 bits per heavy atom. The maximum atomic E-state index is 13.2. The molecule has 68 heavy (non-hydrogen) atoms. The van der Waals surface area contributed by atoms with Crippen LogP contribution in [0, 0.1) is 0 Å². The summed E-state index contributed by atoms with van der Waals surface area (Å²) in [4.78, 5) is 10.5. The summed E-state index contributed by atoms with van der Waals surface area (Å²) in [5.74, 6) is 1.17. The molecule has 10 rings (SSSR count). The molecule has 2 N–H and O–H groups in total. The third-order valence-electron chi connectivity index (χ3n) is 13.3. The van der Waals surface area contributed by atoms with Crippen molar-refractivity contribution in [3.8, 4) is 0 Å². The van der Waals surface area contributed by atoms with Crippen molar-refractivity contribution in [3.05, 3.63) is 81.4 Å². The second kappa shape index (κ2) is 20.0. The average Bonchev–Trinajstić information content (AvgIpc) is 4.12. The van der Waals surface area contributed by atoms with Gasteiger partial charge in [-0.15, -0.1) is 10.2 Å². The Balaban J connectivity index is 0.000000170. The van der Waals surface area contributed by atoms with Crippen molar-refractivity contribution in [3.63, 3.8) is 0 Å². The van der Waals surface area contributed by atoms with Gasteiger partial charge in [0.15, 0.2) is 0 Å². The van der Waals surface area contributed by atoms with Gasteiger partial charge in [-0.3, -0.25) is 9.36 Å². The first-order valence-corrected chi connectivity index (χ1v) is 34.0. The maximum Gasteiger partial charge on any atom is 0.273 e. The molecule has 0 spiro atoms. The van der Waals surface area contributed by atoms with Crippen LogP contribution in [0.1, 0.15) is 70.2 Å². The highest BCUT2D eigenvalue weighted by atomic mass is 32.2. The third-order valence-corrected chi connectivity index (χ3v) is 19.0. The fourth-order valence-electron chi connectivity index (χ4n) is 9.58. The number of sulfone groups is 1. The van der Waals surface area contributed by atoms with E-state index in [4.69, 9.17) is 19.6 Å². The largest absolute Gasteiger partial charge is 0.359 e. The van der Waals surface area contributed by atoms with E-state index in [1.165, 1.54) is 105 Å². The summed E-state index contributed by atoms with van der Waals surface area (Å²) in [6, 6.07) is 6.99. The summed E-state index contributed by atoms with van der Waals surface area (Å²) in [5, 5.41) is 25.2. The SMILES string of the molecule is Cn1cc(S(=O)(=O)c2nc(Nc3c4c(cc5c3CCC5)CCC4)n(COCC[Si](C)(C)C)n2)cn1.Cn1cc(Sc2nc(Nc3c4c(cc5c3CCC5)CCC4)n(COCC[Si](C)(C)C)n2)cn1. The lowest BCUT2D eigenvalue weighted by Crippen LogP contribution is -2.22. The molecule has 4 heterocycles. The number of anilines is 4. The highest BCUT2D eigenvalue weighted by Crippen LogP contribution is 2.42. The molecule has 0 saturated heterocycles. The Morgan fingerprint density at radius 2 is 1.07 bits per heavy atom. The highest BCUT2D eigenvalue weighted by molar-refractivity contribution is 7.99. The summed E-state index contributed by atoms with van der Waals surface area (Å²) >= 11 is 1.53. The zero-order chi connectivity index (χ0) is 47.8. The number of hydrogen-bond donors (Lipinski definition) is 2. The fraction of sp³-hybridized carbons (Fsp3) is 0.542. The van der Waals surface area contributed by atoms with Gasteiger partial charge in [-0.25, -0.2) is 17.8 Å². The number of benzene rings is 2. The van der Waals surface area contributed by atoms with Crippen molar-refractivity contribution < 1.29 is 17.9 Å². The molecule has 6 aromatic rings. The fourth-order valence-corrected chi connectivity index (χ4v) is 13.0. The Bertz CT molecular complexity index is 2830. The molecule has 0 unspecified atom stereocenters. The van der Waals surface area contributed by atoms with Gasteiger partial charge in [-0.05, 0) is 145 Å². The predicted molar refractivity (Wildman–Crippen MR) is 272 cm³/mol. The second-order valence-electron chi connectivity index (χ2n) is 21.2. The molecule has 4 aliphatic carbocycles. The van der Waals surface area contributed by atoms with Gasteiger partial charge in [0.05, 0.1) is 17.3 Å². The Labute approximate surface area is 407 Å². The summed E-state index contributed by atoms with van der Waals surface area (Å²) in [6.07, 6.45) is 20.2. The van der Waals surface area contributed by atoms with Crippen LogP contribution in [0.4, 0.5) is 23.3 Å². The van der Waals surface area contributed by atoms with Crippen LogP contribution in [0.15, 0.2) is 57.0 Å². The number of aromatic nitrogens is 10. The molecule has 4 aromatic heterocycles.